The van der Waals surface area contributed by atoms with E-state index in [1.54, 1.807) is 0 Å². The summed E-state index contributed by atoms with van der Waals surface area (Å²) in [6.45, 7) is 3.88. The normalized spacial score (nSPS) is 40.7. The van der Waals surface area contributed by atoms with Gasteiger partial charge in [0.15, 0.2) is 0 Å². The van der Waals surface area contributed by atoms with Gasteiger partial charge in [-0.2, -0.15) is 0 Å². The van der Waals surface area contributed by atoms with Crippen LogP contribution in [0.1, 0.15) is 38.7 Å². The van der Waals surface area contributed by atoms with E-state index in [1.807, 2.05) is 42.4 Å². The lowest BCUT2D eigenvalue weighted by molar-refractivity contribution is -0.819. The third kappa shape index (κ3) is 2.50. The molecule has 0 spiro atoms. The van der Waals surface area contributed by atoms with E-state index in [2.05, 4.69) is 13.8 Å². The summed E-state index contributed by atoms with van der Waals surface area (Å²) in [4.78, 5) is 24.8. The van der Waals surface area contributed by atoms with Crippen molar-refractivity contribution in [3.63, 3.8) is 0 Å². The van der Waals surface area contributed by atoms with Gasteiger partial charge in [-0.3, -0.25) is 9.59 Å². The monoisotopic (exact) mass is 381 g/mol. The van der Waals surface area contributed by atoms with E-state index in [-0.39, 0.29) is 25.0 Å². The molecule has 5 nitrogen and oxygen atoms in total. The number of benzene rings is 1. The Labute approximate surface area is 166 Å². The predicted molar refractivity (Wildman–Crippen MR) is 106 cm³/mol. The lowest BCUT2D eigenvalue weighted by atomic mass is 9.45. The lowest BCUT2D eigenvalue weighted by Gasteiger charge is -2.61. The minimum atomic E-state index is -2.14. The van der Waals surface area contributed by atoms with Gasteiger partial charge in [-0.15, -0.1) is 0 Å². The average molecular weight is 381 g/mol. The van der Waals surface area contributed by atoms with Gasteiger partial charge in [-0.25, -0.2) is 0 Å². The standard InChI is InChI=1S/C22H28BNO4/c1-22(2)18-9-8-17(19(22)12-18)13-24-14-20(25)27-23(24,28-21(26)15-24)11-10-16-6-4-3-5-7-16/h3-7,10-11,17-19H,8-9,12-15H2,1-2H3/b11-10+/t17-,18-,19-,23?,24?/m1/s1. The number of carbonyl (C=O) groups excluding carboxylic acids is 2. The molecule has 0 radical (unpaired) electrons. The summed E-state index contributed by atoms with van der Waals surface area (Å²) in [6, 6.07) is 9.87. The zero-order chi connectivity index (χ0) is 19.6. The highest BCUT2D eigenvalue weighted by Gasteiger charge is 2.67. The number of hydrogen-bond acceptors (Lipinski definition) is 4. The smallest absolute Gasteiger partial charge is 0.596 e. The summed E-state index contributed by atoms with van der Waals surface area (Å²) in [5, 5.41) is 0. The Kier molecular flexibility index (Phi) is 3.83. The summed E-state index contributed by atoms with van der Waals surface area (Å²) in [5.74, 6) is 3.34. The van der Waals surface area contributed by atoms with Crippen molar-refractivity contribution in [2.24, 2.45) is 23.2 Å². The second-order valence-electron chi connectivity index (χ2n) is 9.89. The Hall–Kier alpha value is -2.08. The van der Waals surface area contributed by atoms with Crippen molar-refractivity contribution >= 4 is 24.7 Å². The number of carbonyl (C=O) groups is 2. The number of nitrogens with zero attached hydrogens (tertiary/aromatic N) is 1. The maximum atomic E-state index is 12.4. The molecule has 148 valence electrons. The van der Waals surface area contributed by atoms with Crippen LogP contribution in [-0.4, -0.2) is 42.7 Å². The minimum Gasteiger partial charge on any atom is -0.596 e. The molecule has 3 atom stereocenters. The van der Waals surface area contributed by atoms with Gasteiger partial charge in [0.2, 0.25) is 0 Å². The van der Waals surface area contributed by atoms with Crippen LogP contribution in [-0.2, 0) is 18.9 Å². The average Bonchev–Trinajstić information content (AvgIpc) is 3.05. The topological polar surface area (TPSA) is 52.6 Å². The third-order valence-electron chi connectivity index (χ3n) is 8.18. The van der Waals surface area contributed by atoms with Gasteiger partial charge >= 0.3 is 18.6 Å². The van der Waals surface area contributed by atoms with E-state index in [9.17, 15) is 9.59 Å². The highest BCUT2D eigenvalue weighted by Crippen LogP contribution is 2.62. The van der Waals surface area contributed by atoms with Crippen molar-refractivity contribution in [1.82, 2.24) is 0 Å². The highest BCUT2D eigenvalue weighted by molar-refractivity contribution is 6.71. The molecule has 5 aliphatic rings. The fourth-order valence-corrected chi connectivity index (χ4v) is 6.51. The molecule has 5 fully saturated rings. The van der Waals surface area contributed by atoms with Crippen molar-refractivity contribution in [1.29, 1.82) is 0 Å². The Morgan fingerprint density at radius 3 is 2.39 bits per heavy atom. The Morgan fingerprint density at radius 1 is 1.11 bits per heavy atom. The number of fused-ring (bicyclic) bond motifs is 3. The number of hydrogen-bond donors (Lipinski definition) is 0. The Balaban J connectivity index is 1.47. The minimum absolute atomic E-state index is 0.234. The molecule has 1 aromatic rings. The molecule has 0 unspecified atom stereocenters. The zero-order valence-electron chi connectivity index (χ0n) is 16.7. The fourth-order valence-electron chi connectivity index (χ4n) is 6.51. The molecular formula is C22H28BNO4. The third-order valence-corrected chi connectivity index (χ3v) is 8.18. The van der Waals surface area contributed by atoms with Crippen molar-refractivity contribution in [2.45, 2.75) is 33.1 Å². The van der Waals surface area contributed by atoms with E-state index in [0.29, 0.717) is 21.6 Å². The summed E-state index contributed by atoms with van der Waals surface area (Å²) >= 11 is 0. The largest absolute Gasteiger partial charge is 0.607 e. The molecule has 0 N–H and O–H groups in total. The molecule has 28 heavy (non-hydrogen) atoms. The molecule has 2 bridgehead atoms. The van der Waals surface area contributed by atoms with Crippen LogP contribution in [0, 0.1) is 23.2 Å². The van der Waals surface area contributed by atoms with Gasteiger partial charge in [-0.05, 0) is 42.1 Å². The van der Waals surface area contributed by atoms with E-state index < -0.39 is 6.69 Å². The van der Waals surface area contributed by atoms with Crippen molar-refractivity contribution in [3.05, 3.63) is 41.9 Å². The first-order chi connectivity index (χ1) is 13.3. The highest BCUT2D eigenvalue weighted by atomic mass is 16.7. The van der Waals surface area contributed by atoms with E-state index in [1.165, 1.54) is 19.3 Å². The van der Waals surface area contributed by atoms with Gasteiger partial charge in [-0.1, -0.05) is 56.2 Å². The summed E-state index contributed by atoms with van der Waals surface area (Å²) < 4.78 is 11.9. The molecule has 2 heterocycles. The molecule has 1 aromatic carbocycles. The van der Waals surface area contributed by atoms with Crippen LogP contribution >= 0.6 is 0 Å². The second-order valence-corrected chi connectivity index (χ2v) is 9.89. The zero-order valence-corrected chi connectivity index (χ0v) is 16.7. The maximum absolute atomic E-state index is 12.4. The molecule has 3 aliphatic carbocycles. The first kappa shape index (κ1) is 18.0. The van der Waals surface area contributed by atoms with Gasteiger partial charge in [0.25, 0.3) is 0 Å². The van der Waals surface area contributed by atoms with Crippen molar-refractivity contribution in [3.8, 4) is 0 Å². The SMILES string of the molecule is CC1(C)[C@@H]2CC[C@H](C[N+]34CC(=O)O[B-]3(/C=C/c3ccccc3)OC(=O)C4)[C@H]1C2. The van der Waals surface area contributed by atoms with E-state index in [4.69, 9.17) is 9.31 Å². The first-order valence-corrected chi connectivity index (χ1v) is 10.5. The van der Waals surface area contributed by atoms with Crippen LogP contribution < -0.4 is 0 Å². The molecule has 0 amide bonds. The first-order valence-electron chi connectivity index (χ1n) is 10.5. The van der Waals surface area contributed by atoms with E-state index >= 15 is 0 Å². The Morgan fingerprint density at radius 2 is 1.79 bits per heavy atom. The molecule has 2 saturated heterocycles. The number of rotatable bonds is 4. The molecule has 6 heteroatoms. The lowest BCUT2D eigenvalue weighted by Crippen LogP contribution is -2.66. The van der Waals surface area contributed by atoms with Gasteiger partial charge in [0.1, 0.15) is 13.1 Å². The van der Waals surface area contributed by atoms with Crippen molar-refractivity contribution in [2.75, 3.05) is 19.6 Å². The van der Waals surface area contributed by atoms with Crippen LogP contribution in [0.25, 0.3) is 6.08 Å². The van der Waals surface area contributed by atoms with Crippen LogP contribution in [0.3, 0.4) is 0 Å². The fraction of sp³-hybridized carbons (Fsp3) is 0.545. The maximum Gasteiger partial charge on any atom is 0.607 e. The van der Waals surface area contributed by atoms with Crippen LogP contribution in [0.2, 0.25) is 0 Å². The number of quaternary nitrogens is 1. The summed E-state index contributed by atoms with van der Waals surface area (Å²) in [6.07, 6.45) is 5.63. The summed E-state index contributed by atoms with van der Waals surface area (Å²) in [5.41, 5.74) is 1.37. The van der Waals surface area contributed by atoms with Crippen LogP contribution in [0.4, 0.5) is 0 Å². The Bertz CT molecular complexity index is 827. The molecule has 3 saturated carbocycles. The molecule has 6 rings (SSSR count). The summed E-state index contributed by atoms with van der Waals surface area (Å²) in [7, 11) is 0. The molecular weight excluding hydrogens is 353 g/mol. The van der Waals surface area contributed by atoms with Gasteiger partial charge in [0.05, 0.1) is 0 Å². The predicted octanol–water partition coefficient (Wildman–Crippen LogP) is 3.18. The second kappa shape index (κ2) is 5.96. The van der Waals surface area contributed by atoms with Crippen molar-refractivity contribution < 1.29 is 23.3 Å². The van der Waals surface area contributed by atoms with E-state index in [0.717, 1.165) is 18.0 Å². The van der Waals surface area contributed by atoms with Crippen LogP contribution in [0.15, 0.2) is 36.3 Å². The van der Waals surface area contributed by atoms with Gasteiger partial charge < -0.3 is 13.7 Å². The molecule has 0 aromatic heterocycles. The molecule has 2 aliphatic heterocycles. The van der Waals surface area contributed by atoms with Crippen LogP contribution in [0.5, 0.6) is 0 Å². The van der Waals surface area contributed by atoms with Gasteiger partial charge in [0, 0.05) is 12.5 Å². The quantitative estimate of drug-likeness (QED) is 0.752.